The molecule has 0 N–H and O–H groups in total. The van der Waals surface area contributed by atoms with Crippen LogP contribution >= 0.6 is 38.9 Å². The maximum Gasteiger partial charge on any atom is 0.0555 e. The summed E-state index contributed by atoms with van der Waals surface area (Å²) in [6, 6.07) is 6.01. The van der Waals surface area contributed by atoms with E-state index in [0.717, 1.165) is 9.50 Å². The molecular formula is C8H4BrClS. The molecule has 0 spiro atoms. The topological polar surface area (TPSA) is 0 Å². The first-order valence-electron chi connectivity index (χ1n) is 3.10. The zero-order chi connectivity index (χ0) is 7.84. The molecule has 0 aliphatic carbocycles. The fourth-order valence-electron chi connectivity index (χ4n) is 0.982. The first-order chi connectivity index (χ1) is 5.29. The van der Waals surface area contributed by atoms with Crippen LogP contribution in [0.4, 0.5) is 0 Å². The van der Waals surface area contributed by atoms with Gasteiger partial charge in [0.15, 0.2) is 0 Å². The van der Waals surface area contributed by atoms with Gasteiger partial charge in [0.25, 0.3) is 0 Å². The van der Waals surface area contributed by atoms with E-state index >= 15 is 0 Å². The van der Waals surface area contributed by atoms with Gasteiger partial charge < -0.3 is 0 Å². The summed E-state index contributed by atoms with van der Waals surface area (Å²) in [5, 5.41) is 4.03. The largest absolute Gasteiger partial charge is 0.144 e. The van der Waals surface area contributed by atoms with E-state index in [1.54, 1.807) is 11.3 Å². The number of benzene rings is 1. The molecule has 0 atom stereocenters. The molecule has 0 aliphatic rings. The molecule has 0 saturated carbocycles. The highest BCUT2D eigenvalue weighted by molar-refractivity contribution is 9.10. The van der Waals surface area contributed by atoms with Crippen LogP contribution in [0.3, 0.4) is 0 Å². The minimum atomic E-state index is 0.774. The van der Waals surface area contributed by atoms with Crippen molar-refractivity contribution in [3.63, 3.8) is 0 Å². The van der Waals surface area contributed by atoms with Gasteiger partial charge in [0.2, 0.25) is 0 Å². The van der Waals surface area contributed by atoms with Crippen molar-refractivity contribution in [2.45, 2.75) is 0 Å². The van der Waals surface area contributed by atoms with Gasteiger partial charge in [-0.3, -0.25) is 0 Å². The monoisotopic (exact) mass is 246 g/mol. The maximum absolute atomic E-state index is 5.90. The first-order valence-corrected chi connectivity index (χ1v) is 5.15. The number of halogens is 2. The smallest absolute Gasteiger partial charge is 0.0555 e. The summed E-state index contributed by atoms with van der Waals surface area (Å²) in [7, 11) is 0. The molecule has 0 bridgehead atoms. The molecule has 2 aromatic rings. The molecule has 1 heterocycles. The van der Waals surface area contributed by atoms with Crippen LogP contribution in [0.1, 0.15) is 0 Å². The predicted molar refractivity (Wildman–Crippen MR) is 54.5 cm³/mol. The third kappa shape index (κ3) is 1.19. The molecule has 0 radical (unpaired) electrons. The van der Waals surface area contributed by atoms with Crippen molar-refractivity contribution in [1.82, 2.24) is 0 Å². The van der Waals surface area contributed by atoms with Crippen molar-refractivity contribution in [2.75, 3.05) is 0 Å². The van der Waals surface area contributed by atoms with Crippen molar-refractivity contribution in [3.05, 3.63) is 33.1 Å². The van der Waals surface area contributed by atoms with Gasteiger partial charge >= 0.3 is 0 Å². The number of rotatable bonds is 0. The van der Waals surface area contributed by atoms with Gasteiger partial charge in [-0.05, 0) is 39.5 Å². The van der Waals surface area contributed by atoms with E-state index in [4.69, 9.17) is 11.6 Å². The lowest BCUT2D eigenvalue weighted by Gasteiger charge is -1.95. The van der Waals surface area contributed by atoms with Crippen LogP contribution in [-0.4, -0.2) is 0 Å². The van der Waals surface area contributed by atoms with Crippen LogP contribution in [0.2, 0.25) is 5.02 Å². The van der Waals surface area contributed by atoms with E-state index in [1.165, 1.54) is 10.1 Å². The molecule has 11 heavy (non-hydrogen) atoms. The molecule has 0 fully saturated rings. The number of thiophene rings is 1. The fourth-order valence-corrected chi connectivity index (χ4v) is 2.55. The van der Waals surface area contributed by atoms with Gasteiger partial charge in [0, 0.05) is 14.6 Å². The Hall–Kier alpha value is -0.0500. The Kier molecular flexibility index (Phi) is 1.91. The second kappa shape index (κ2) is 2.77. The van der Waals surface area contributed by atoms with Crippen molar-refractivity contribution in [2.24, 2.45) is 0 Å². The normalized spacial score (nSPS) is 10.7. The number of hydrogen-bond acceptors (Lipinski definition) is 1. The Morgan fingerprint density at radius 2 is 2.09 bits per heavy atom. The first kappa shape index (κ1) is 7.59. The van der Waals surface area contributed by atoms with E-state index in [0.29, 0.717) is 0 Å². The minimum absolute atomic E-state index is 0.774. The molecule has 2 rings (SSSR count). The summed E-state index contributed by atoms with van der Waals surface area (Å²) >= 11 is 11.1. The molecule has 3 heteroatoms. The molecule has 1 aromatic carbocycles. The van der Waals surface area contributed by atoms with Crippen molar-refractivity contribution in [3.8, 4) is 0 Å². The minimum Gasteiger partial charge on any atom is -0.144 e. The van der Waals surface area contributed by atoms with Gasteiger partial charge in [0.05, 0.1) is 5.02 Å². The van der Waals surface area contributed by atoms with Gasteiger partial charge in [-0.1, -0.05) is 11.6 Å². The lowest BCUT2D eigenvalue weighted by Crippen LogP contribution is -1.68. The summed E-state index contributed by atoms with van der Waals surface area (Å²) in [6.45, 7) is 0. The molecule has 0 unspecified atom stereocenters. The highest BCUT2D eigenvalue weighted by atomic mass is 79.9. The standard InChI is InChI=1S/C8H4BrClS/c9-8-5-3-4-11-7(5)2-1-6(8)10/h1-4H. The highest BCUT2D eigenvalue weighted by Gasteiger charge is 2.02. The van der Waals surface area contributed by atoms with Gasteiger partial charge in [-0.25, -0.2) is 0 Å². The molecule has 0 nitrogen and oxygen atoms in total. The lowest BCUT2D eigenvalue weighted by atomic mass is 10.3. The molecule has 0 saturated heterocycles. The third-order valence-corrected chi connectivity index (χ3v) is 3.80. The molecular weight excluding hydrogens is 244 g/mol. The Morgan fingerprint density at radius 1 is 1.27 bits per heavy atom. The zero-order valence-electron chi connectivity index (χ0n) is 5.47. The summed E-state index contributed by atoms with van der Waals surface area (Å²) in [4.78, 5) is 0. The average Bonchev–Trinajstić information content (AvgIpc) is 2.45. The Balaban J connectivity index is 2.93. The van der Waals surface area contributed by atoms with Crippen LogP contribution in [-0.2, 0) is 0 Å². The summed E-state index contributed by atoms with van der Waals surface area (Å²) in [6.07, 6.45) is 0. The zero-order valence-corrected chi connectivity index (χ0v) is 8.63. The van der Waals surface area contributed by atoms with E-state index < -0.39 is 0 Å². The van der Waals surface area contributed by atoms with Crippen LogP contribution in [0.5, 0.6) is 0 Å². The molecule has 0 amide bonds. The Morgan fingerprint density at radius 3 is 2.91 bits per heavy atom. The van der Waals surface area contributed by atoms with E-state index in [-0.39, 0.29) is 0 Å². The van der Waals surface area contributed by atoms with E-state index in [1.807, 2.05) is 12.1 Å². The van der Waals surface area contributed by atoms with Crippen LogP contribution in [0, 0.1) is 0 Å². The SMILES string of the molecule is Clc1ccc2sccc2c1Br. The molecule has 56 valence electrons. The molecule has 0 aliphatic heterocycles. The average molecular weight is 248 g/mol. The second-order valence-corrected chi connectivity index (χ2v) is 4.34. The van der Waals surface area contributed by atoms with Crippen LogP contribution in [0.25, 0.3) is 10.1 Å². The van der Waals surface area contributed by atoms with Gasteiger partial charge in [-0.15, -0.1) is 11.3 Å². The quantitative estimate of drug-likeness (QED) is 0.650. The summed E-state index contributed by atoms with van der Waals surface area (Å²) < 4.78 is 2.26. The Bertz CT molecular complexity index is 394. The van der Waals surface area contributed by atoms with Crippen LogP contribution in [0.15, 0.2) is 28.1 Å². The maximum atomic E-state index is 5.90. The van der Waals surface area contributed by atoms with Crippen molar-refractivity contribution in [1.29, 1.82) is 0 Å². The van der Waals surface area contributed by atoms with Crippen molar-refractivity contribution < 1.29 is 0 Å². The van der Waals surface area contributed by atoms with E-state index in [9.17, 15) is 0 Å². The lowest BCUT2D eigenvalue weighted by molar-refractivity contribution is 1.78. The third-order valence-electron chi connectivity index (χ3n) is 1.52. The summed E-state index contributed by atoms with van der Waals surface area (Å²) in [5.74, 6) is 0. The van der Waals surface area contributed by atoms with E-state index in [2.05, 4.69) is 27.4 Å². The molecule has 1 aromatic heterocycles. The second-order valence-electron chi connectivity index (χ2n) is 2.19. The highest BCUT2D eigenvalue weighted by Crippen LogP contribution is 2.33. The fraction of sp³-hybridized carbons (Fsp3) is 0. The number of fused-ring (bicyclic) bond motifs is 1. The Labute approximate surface area is 81.9 Å². The summed E-state index contributed by atoms with van der Waals surface area (Å²) in [5.41, 5.74) is 0. The number of hydrogen-bond donors (Lipinski definition) is 0. The van der Waals surface area contributed by atoms with Gasteiger partial charge in [0.1, 0.15) is 0 Å². The van der Waals surface area contributed by atoms with Crippen molar-refractivity contribution >= 4 is 49.0 Å². The van der Waals surface area contributed by atoms with Crippen LogP contribution < -0.4 is 0 Å². The predicted octanol–water partition coefficient (Wildman–Crippen LogP) is 4.32. The van der Waals surface area contributed by atoms with Gasteiger partial charge in [-0.2, -0.15) is 0 Å².